The minimum Gasteiger partial charge on any atom is -0.393 e. The summed E-state index contributed by atoms with van der Waals surface area (Å²) in [5.41, 5.74) is 0.922. The van der Waals surface area contributed by atoms with Crippen LogP contribution in [0.2, 0.25) is 0 Å². The van der Waals surface area contributed by atoms with Gasteiger partial charge in [-0.25, -0.2) is 4.79 Å². The predicted octanol–water partition coefficient (Wildman–Crippen LogP) is 2.73. The van der Waals surface area contributed by atoms with E-state index in [2.05, 4.69) is 4.89 Å². The largest absolute Gasteiger partial charge is 0.393 e. The molecule has 1 atom stereocenters. The summed E-state index contributed by atoms with van der Waals surface area (Å²) < 4.78 is 0. The molecule has 104 valence electrons. The van der Waals surface area contributed by atoms with Crippen molar-refractivity contribution in [1.29, 1.82) is 0 Å². The van der Waals surface area contributed by atoms with Crippen LogP contribution in [0.5, 0.6) is 0 Å². The van der Waals surface area contributed by atoms with E-state index in [-0.39, 0.29) is 6.10 Å². The molecule has 0 saturated heterocycles. The van der Waals surface area contributed by atoms with Gasteiger partial charge in [-0.1, -0.05) is 37.3 Å². The second kappa shape index (κ2) is 9.30. The van der Waals surface area contributed by atoms with Gasteiger partial charge in [-0.2, -0.15) is 4.89 Å². The molecule has 0 fully saturated rings. The highest BCUT2D eigenvalue weighted by Crippen LogP contribution is 2.03. The molecule has 19 heavy (non-hydrogen) atoms. The van der Waals surface area contributed by atoms with Gasteiger partial charge in [-0.15, -0.1) is 0 Å². The minimum absolute atomic E-state index is 0.294. The van der Waals surface area contributed by atoms with Gasteiger partial charge in [0.25, 0.3) is 0 Å². The van der Waals surface area contributed by atoms with Crippen LogP contribution in [-0.2, 0) is 14.6 Å². The molecule has 0 spiro atoms. The van der Waals surface area contributed by atoms with E-state index in [1.165, 1.54) is 6.08 Å². The summed E-state index contributed by atoms with van der Waals surface area (Å²) in [5, 5.41) is 9.30. The van der Waals surface area contributed by atoms with E-state index >= 15 is 0 Å². The maximum absolute atomic E-state index is 11.3. The Balaban J connectivity index is 2.13. The maximum atomic E-state index is 11.3. The Morgan fingerprint density at radius 3 is 2.79 bits per heavy atom. The van der Waals surface area contributed by atoms with Crippen LogP contribution in [-0.4, -0.2) is 23.8 Å². The molecule has 0 aliphatic heterocycles. The number of aliphatic hydroxyl groups excluding tert-OH is 1. The van der Waals surface area contributed by atoms with E-state index in [9.17, 15) is 9.90 Å². The van der Waals surface area contributed by atoms with Gasteiger partial charge in [-0.3, -0.25) is 4.89 Å². The van der Waals surface area contributed by atoms with Crippen LogP contribution in [0.1, 0.15) is 31.7 Å². The molecule has 0 radical (unpaired) electrons. The summed E-state index contributed by atoms with van der Waals surface area (Å²) in [4.78, 5) is 20.6. The van der Waals surface area contributed by atoms with Crippen LogP contribution in [0.15, 0.2) is 36.4 Å². The topological polar surface area (TPSA) is 55.8 Å². The number of aliphatic hydroxyl groups is 1. The molecule has 0 aromatic heterocycles. The van der Waals surface area contributed by atoms with Gasteiger partial charge in [0.2, 0.25) is 0 Å². The van der Waals surface area contributed by atoms with Crippen LogP contribution >= 0.6 is 0 Å². The zero-order chi connectivity index (χ0) is 13.9. The molecular weight excluding hydrogens is 244 g/mol. The normalized spacial score (nSPS) is 12.5. The summed E-state index contributed by atoms with van der Waals surface area (Å²) in [6.45, 7) is 2.21. The molecule has 1 aromatic carbocycles. The van der Waals surface area contributed by atoms with Crippen molar-refractivity contribution in [3.8, 4) is 0 Å². The van der Waals surface area contributed by atoms with Gasteiger partial charge in [0.15, 0.2) is 0 Å². The van der Waals surface area contributed by atoms with Crippen molar-refractivity contribution in [1.82, 2.24) is 0 Å². The van der Waals surface area contributed by atoms with Gasteiger partial charge >= 0.3 is 5.97 Å². The average molecular weight is 264 g/mol. The Morgan fingerprint density at radius 1 is 1.37 bits per heavy atom. The average Bonchev–Trinajstić information content (AvgIpc) is 2.45. The smallest absolute Gasteiger partial charge is 0.365 e. The van der Waals surface area contributed by atoms with E-state index in [4.69, 9.17) is 4.89 Å². The van der Waals surface area contributed by atoms with Gasteiger partial charge in [0.1, 0.15) is 0 Å². The van der Waals surface area contributed by atoms with Crippen molar-refractivity contribution in [2.24, 2.45) is 0 Å². The lowest BCUT2D eigenvalue weighted by molar-refractivity contribution is -0.267. The molecule has 4 nitrogen and oxygen atoms in total. The van der Waals surface area contributed by atoms with Crippen molar-refractivity contribution in [3.63, 3.8) is 0 Å². The maximum Gasteiger partial charge on any atom is 0.365 e. The fraction of sp³-hybridized carbons (Fsp3) is 0.400. The molecule has 0 saturated carbocycles. The van der Waals surface area contributed by atoms with Crippen LogP contribution in [0.4, 0.5) is 0 Å². The first-order valence-electron chi connectivity index (χ1n) is 6.47. The highest BCUT2D eigenvalue weighted by Gasteiger charge is 2.02. The van der Waals surface area contributed by atoms with E-state index in [1.54, 1.807) is 6.08 Å². The minimum atomic E-state index is -0.542. The Kier molecular flexibility index (Phi) is 7.54. The summed E-state index contributed by atoms with van der Waals surface area (Å²) in [6.07, 6.45) is 4.69. The highest BCUT2D eigenvalue weighted by molar-refractivity contribution is 5.86. The summed E-state index contributed by atoms with van der Waals surface area (Å²) in [5.74, 6) is -0.542. The first-order chi connectivity index (χ1) is 9.22. The molecule has 0 bridgehead atoms. The number of hydrogen-bond donors (Lipinski definition) is 1. The molecule has 1 aromatic rings. The fourth-order valence-electron chi connectivity index (χ4n) is 1.44. The Labute approximate surface area is 113 Å². The third-order valence-electron chi connectivity index (χ3n) is 2.59. The van der Waals surface area contributed by atoms with Gasteiger partial charge in [-0.05, 0) is 30.9 Å². The molecular formula is C15H20O4. The third kappa shape index (κ3) is 7.39. The van der Waals surface area contributed by atoms with Crippen molar-refractivity contribution in [2.75, 3.05) is 6.61 Å². The standard InChI is InChI=1S/C15H20O4/c1-2-14(16)9-6-12-18-19-15(17)11-10-13-7-4-3-5-8-13/h3-5,7-8,10-11,14,16H,2,6,9,12H2,1H3. The first-order valence-corrected chi connectivity index (χ1v) is 6.47. The van der Waals surface area contributed by atoms with Gasteiger partial charge in [0, 0.05) is 6.08 Å². The number of rotatable bonds is 8. The lowest BCUT2D eigenvalue weighted by Gasteiger charge is -2.06. The highest BCUT2D eigenvalue weighted by atomic mass is 17.2. The number of carbonyl (C=O) groups excluding carboxylic acids is 1. The van der Waals surface area contributed by atoms with E-state index in [0.717, 1.165) is 12.0 Å². The van der Waals surface area contributed by atoms with Crippen LogP contribution in [0, 0.1) is 0 Å². The Bertz CT molecular complexity index is 386. The molecule has 1 N–H and O–H groups in total. The fourth-order valence-corrected chi connectivity index (χ4v) is 1.44. The van der Waals surface area contributed by atoms with Crippen LogP contribution in [0.25, 0.3) is 6.08 Å². The number of benzene rings is 1. The lowest BCUT2D eigenvalue weighted by atomic mass is 10.2. The molecule has 0 aliphatic carbocycles. The van der Waals surface area contributed by atoms with E-state index in [1.807, 2.05) is 37.3 Å². The molecule has 0 aliphatic rings. The quantitative estimate of drug-likeness (QED) is 0.339. The Hall–Kier alpha value is -1.65. The molecule has 0 heterocycles. The molecule has 4 heteroatoms. The van der Waals surface area contributed by atoms with Crippen molar-refractivity contribution >= 4 is 12.0 Å². The monoisotopic (exact) mass is 264 g/mol. The van der Waals surface area contributed by atoms with Crippen molar-refractivity contribution in [3.05, 3.63) is 42.0 Å². The van der Waals surface area contributed by atoms with Gasteiger partial charge < -0.3 is 5.11 Å². The van der Waals surface area contributed by atoms with Crippen molar-refractivity contribution < 1.29 is 19.7 Å². The third-order valence-corrected chi connectivity index (χ3v) is 2.59. The van der Waals surface area contributed by atoms with Crippen LogP contribution in [0.3, 0.4) is 0 Å². The second-order valence-corrected chi connectivity index (χ2v) is 4.17. The molecule has 1 rings (SSSR count). The SMILES string of the molecule is CCC(O)CCCOOC(=O)C=Cc1ccccc1. The zero-order valence-electron chi connectivity index (χ0n) is 11.1. The van der Waals surface area contributed by atoms with Crippen LogP contribution < -0.4 is 0 Å². The summed E-state index contributed by atoms with van der Waals surface area (Å²) >= 11 is 0. The Morgan fingerprint density at radius 2 is 2.11 bits per heavy atom. The second-order valence-electron chi connectivity index (χ2n) is 4.17. The molecule has 0 amide bonds. The molecule has 1 unspecified atom stereocenters. The van der Waals surface area contributed by atoms with Crippen molar-refractivity contribution in [2.45, 2.75) is 32.3 Å². The van der Waals surface area contributed by atoms with E-state index in [0.29, 0.717) is 19.4 Å². The zero-order valence-corrected chi connectivity index (χ0v) is 11.1. The lowest BCUT2D eigenvalue weighted by Crippen LogP contribution is -2.08. The number of carbonyl (C=O) groups is 1. The first kappa shape index (κ1) is 15.4. The number of hydrogen-bond acceptors (Lipinski definition) is 4. The van der Waals surface area contributed by atoms with E-state index < -0.39 is 5.97 Å². The van der Waals surface area contributed by atoms with Gasteiger partial charge in [0.05, 0.1) is 12.7 Å². The summed E-state index contributed by atoms with van der Waals surface area (Å²) in [7, 11) is 0. The summed E-state index contributed by atoms with van der Waals surface area (Å²) in [6, 6.07) is 9.46. The predicted molar refractivity (Wildman–Crippen MR) is 73.1 cm³/mol.